The smallest absolute Gasteiger partial charge is 0.265 e. The molecule has 0 fully saturated rings. The number of ether oxygens (including phenoxy) is 1. The molecule has 0 radical (unpaired) electrons. The van der Waals surface area contributed by atoms with Gasteiger partial charge in [-0.1, -0.05) is 36.4 Å². The van der Waals surface area contributed by atoms with Crippen LogP contribution in [0.1, 0.15) is 17.5 Å². The average molecular weight is 338 g/mol. The van der Waals surface area contributed by atoms with Crippen molar-refractivity contribution in [2.24, 2.45) is 0 Å². The van der Waals surface area contributed by atoms with Crippen LogP contribution in [0.3, 0.4) is 0 Å². The first kappa shape index (κ1) is 17.0. The van der Waals surface area contributed by atoms with Gasteiger partial charge in [0.25, 0.3) is 5.91 Å². The number of nitrogens with zero attached hydrogens (tertiary/aromatic N) is 1. The van der Waals surface area contributed by atoms with Gasteiger partial charge in [0.15, 0.2) is 6.61 Å². The van der Waals surface area contributed by atoms with Crippen molar-refractivity contribution in [3.8, 4) is 5.75 Å². The van der Waals surface area contributed by atoms with E-state index in [0.717, 1.165) is 12.1 Å². The zero-order chi connectivity index (χ0) is 17.6. The summed E-state index contributed by atoms with van der Waals surface area (Å²) in [7, 11) is 0. The second-order valence-corrected chi connectivity index (χ2v) is 6.08. The normalized spacial score (nSPS) is 13.2. The van der Waals surface area contributed by atoms with E-state index in [1.165, 1.54) is 11.1 Å². The first-order valence-corrected chi connectivity index (χ1v) is 8.48. The molecule has 2 aromatic rings. The summed E-state index contributed by atoms with van der Waals surface area (Å²) < 4.78 is 5.41. The predicted molar refractivity (Wildman–Crippen MR) is 96.8 cm³/mol. The van der Waals surface area contributed by atoms with Crippen molar-refractivity contribution < 1.29 is 14.3 Å². The van der Waals surface area contributed by atoms with Crippen LogP contribution in [0.15, 0.2) is 48.5 Å². The zero-order valence-corrected chi connectivity index (χ0v) is 14.3. The predicted octanol–water partition coefficient (Wildman–Crippen LogP) is 2.47. The summed E-state index contributed by atoms with van der Waals surface area (Å²) >= 11 is 0. The molecule has 0 spiro atoms. The second kappa shape index (κ2) is 7.83. The maximum atomic E-state index is 12.1. The van der Waals surface area contributed by atoms with Crippen LogP contribution in [0.2, 0.25) is 0 Å². The van der Waals surface area contributed by atoms with Crippen LogP contribution in [0.4, 0.5) is 5.69 Å². The number of hydrogen-bond acceptors (Lipinski definition) is 3. The molecule has 0 atom stereocenters. The van der Waals surface area contributed by atoms with Gasteiger partial charge in [0.1, 0.15) is 5.75 Å². The van der Waals surface area contributed by atoms with Gasteiger partial charge in [0.2, 0.25) is 5.91 Å². The van der Waals surface area contributed by atoms with Crippen LogP contribution >= 0.6 is 0 Å². The van der Waals surface area contributed by atoms with E-state index in [9.17, 15) is 9.59 Å². The number of nitrogens with one attached hydrogen (secondary N) is 1. The monoisotopic (exact) mass is 338 g/mol. The minimum Gasteiger partial charge on any atom is -0.482 e. The van der Waals surface area contributed by atoms with E-state index >= 15 is 0 Å². The molecule has 25 heavy (non-hydrogen) atoms. The van der Waals surface area contributed by atoms with Crippen LogP contribution in [0.25, 0.3) is 0 Å². The number of anilines is 1. The minimum absolute atomic E-state index is 0.00255. The number of hydrogen-bond donors (Lipinski definition) is 1. The highest BCUT2D eigenvalue weighted by Gasteiger charge is 2.24. The number of amides is 2. The third-order valence-electron chi connectivity index (χ3n) is 4.35. The molecule has 0 aliphatic carbocycles. The zero-order valence-electron chi connectivity index (χ0n) is 14.3. The Morgan fingerprint density at radius 1 is 1.16 bits per heavy atom. The molecule has 1 aliphatic rings. The molecule has 5 nitrogen and oxygen atoms in total. The van der Waals surface area contributed by atoms with Gasteiger partial charge in [-0.25, -0.2) is 0 Å². The molecular formula is C20H22N2O3. The van der Waals surface area contributed by atoms with E-state index in [1.807, 2.05) is 42.5 Å². The van der Waals surface area contributed by atoms with Crippen molar-refractivity contribution >= 4 is 17.5 Å². The standard InChI is InChI=1S/C20H22N2O3/c1-15-6-2-3-7-16(15)10-11-19(23)21-12-13-22-17-8-4-5-9-18(17)25-14-20(22)24/h2-9H,10-14H2,1H3,(H,21,23). The number of carbonyl (C=O) groups excluding carboxylic acids is 2. The topological polar surface area (TPSA) is 58.6 Å². The Kier molecular flexibility index (Phi) is 5.33. The molecule has 2 amide bonds. The Hall–Kier alpha value is -2.82. The summed E-state index contributed by atoms with van der Waals surface area (Å²) in [6.45, 7) is 2.95. The fourth-order valence-electron chi connectivity index (χ4n) is 2.93. The lowest BCUT2D eigenvalue weighted by Gasteiger charge is -2.29. The first-order chi connectivity index (χ1) is 12.1. The summed E-state index contributed by atoms with van der Waals surface area (Å²) in [6.07, 6.45) is 1.16. The van der Waals surface area contributed by atoms with E-state index in [4.69, 9.17) is 4.74 Å². The van der Waals surface area contributed by atoms with E-state index in [1.54, 1.807) is 4.90 Å². The van der Waals surface area contributed by atoms with E-state index in [2.05, 4.69) is 18.3 Å². The summed E-state index contributed by atoms with van der Waals surface area (Å²) in [5.74, 6) is 0.609. The van der Waals surface area contributed by atoms with Crippen LogP contribution in [0.5, 0.6) is 5.75 Å². The molecule has 130 valence electrons. The van der Waals surface area contributed by atoms with Crippen LogP contribution in [-0.2, 0) is 16.0 Å². The van der Waals surface area contributed by atoms with Gasteiger partial charge in [0.05, 0.1) is 5.69 Å². The highest BCUT2D eigenvalue weighted by molar-refractivity contribution is 5.97. The molecule has 0 bridgehead atoms. The highest BCUT2D eigenvalue weighted by Crippen LogP contribution is 2.30. The fraction of sp³-hybridized carbons (Fsp3) is 0.300. The lowest BCUT2D eigenvalue weighted by molar-refractivity contribution is -0.122. The average Bonchev–Trinajstić information content (AvgIpc) is 2.63. The third kappa shape index (κ3) is 4.18. The van der Waals surface area contributed by atoms with Gasteiger partial charge >= 0.3 is 0 Å². The summed E-state index contributed by atoms with van der Waals surface area (Å²) in [5, 5.41) is 2.90. The maximum Gasteiger partial charge on any atom is 0.265 e. The third-order valence-corrected chi connectivity index (χ3v) is 4.35. The van der Waals surface area contributed by atoms with E-state index < -0.39 is 0 Å². The lowest BCUT2D eigenvalue weighted by atomic mass is 10.0. The molecule has 1 heterocycles. The van der Waals surface area contributed by atoms with Crippen molar-refractivity contribution in [3.63, 3.8) is 0 Å². The lowest BCUT2D eigenvalue weighted by Crippen LogP contribution is -2.43. The fourth-order valence-corrected chi connectivity index (χ4v) is 2.93. The Bertz CT molecular complexity index is 773. The van der Waals surface area contributed by atoms with E-state index in [0.29, 0.717) is 25.3 Å². The molecular weight excluding hydrogens is 316 g/mol. The molecule has 1 aliphatic heterocycles. The molecule has 5 heteroatoms. The Labute approximate surface area is 147 Å². The first-order valence-electron chi connectivity index (χ1n) is 8.48. The van der Waals surface area contributed by atoms with Crippen molar-refractivity contribution in [2.45, 2.75) is 19.8 Å². The Morgan fingerprint density at radius 3 is 2.76 bits per heavy atom. The van der Waals surface area contributed by atoms with Crippen molar-refractivity contribution in [3.05, 3.63) is 59.7 Å². The van der Waals surface area contributed by atoms with Gasteiger partial charge < -0.3 is 15.0 Å². The quantitative estimate of drug-likeness (QED) is 0.880. The van der Waals surface area contributed by atoms with Crippen LogP contribution in [0, 0.1) is 6.92 Å². The Morgan fingerprint density at radius 2 is 1.92 bits per heavy atom. The molecule has 1 N–H and O–H groups in total. The van der Waals surface area contributed by atoms with Crippen molar-refractivity contribution in [1.29, 1.82) is 0 Å². The SMILES string of the molecule is Cc1ccccc1CCC(=O)NCCN1C(=O)COc2ccccc21. The number of para-hydroxylation sites is 2. The van der Waals surface area contributed by atoms with E-state index in [-0.39, 0.29) is 18.4 Å². The van der Waals surface area contributed by atoms with Gasteiger partial charge in [-0.15, -0.1) is 0 Å². The molecule has 3 rings (SSSR count). The molecule has 2 aromatic carbocycles. The highest BCUT2D eigenvalue weighted by atomic mass is 16.5. The van der Waals surface area contributed by atoms with Gasteiger partial charge in [-0.05, 0) is 36.6 Å². The number of aryl methyl sites for hydroxylation is 2. The Balaban J connectivity index is 1.49. The number of benzene rings is 2. The van der Waals surface area contributed by atoms with Crippen molar-refractivity contribution in [2.75, 3.05) is 24.6 Å². The van der Waals surface area contributed by atoms with Crippen molar-refractivity contribution in [1.82, 2.24) is 5.32 Å². The number of fused-ring (bicyclic) bond motifs is 1. The van der Waals surface area contributed by atoms with Crippen LogP contribution < -0.4 is 15.0 Å². The minimum atomic E-state index is -0.0899. The van der Waals surface area contributed by atoms with Gasteiger partial charge in [0, 0.05) is 19.5 Å². The summed E-state index contributed by atoms with van der Waals surface area (Å²) in [6, 6.07) is 15.5. The number of rotatable bonds is 6. The molecule has 0 saturated carbocycles. The molecule has 0 saturated heterocycles. The maximum absolute atomic E-state index is 12.1. The summed E-state index contributed by atoms with van der Waals surface area (Å²) in [5.41, 5.74) is 3.15. The van der Waals surface area contributed by atoms with Crippen LogP contribution in [-0.4, -0.2) is 31.5 Å². The second-order valence-electron chi connectivity index (χ2n) is 6.08. The molecule has 0 aromatic heterocycles. The molecule has 0 unspecified atom stereocenters. The largest absolute Gasteiger partial charge is 0.482 e. The van der Waals surface area contributed by atoms with Gasteiger partial charge in [-0.3, -0.25) is 9.59 Å². The summed E-state index contributed by atoms with van der Waals surface area (Å²) in [4.78, 5) is 25.8. The van der Waals surface area contributed by atoms with Gasteiger partial charge in [-0.2, -0.15) is 0 Å². The number of carbonyl (C=O) groups is 2.